The molecule has 0 saturated heterocycles. The van der Waals surface area contributed by atoms with E-state index >= 15 is 0 Å². The van der Waals surface area contributed by atoms with Crippen molar-refractivity contribution in [3.63, 3.8) is 0 Å². The minimum Gasteiger partial charge on any atom is -0.323 e. The van der Waals surface area contributed by atoms with E-state index in [1.807, 2.05) is 0 Å². The molecule has 1 rings (SSSR count). The highest BCUT2D eigenvalue weighted by Gasteiger charge is 2.10. The van der Waals surface area contributed by atoms with Gasteiger partial charge >= 0.3 is 0 Å². The van der Waals surface area contributed by atoms with Crippen molar-refractivity contribution < 1.29 is 4.39 Å². The third-order valence-corrected chi connectivity index (χ3v) is 1.82. The van der Waals surface area contributed by atoms with Crippen molar-refractivity contribution >= 4 is 0 Å². The van der Waals surface area contributed by atoms with E-state index in [-0.39, 0.29) is 11.9 Å². The Hall–Kier alpha value is -1.22. The van der Waals surface area contributed by atoms with Gasteiger partial charge in [-0.2, -0.15) is 0 Å². The fraction of sp³-hybridized carbons (Fsp3) is 0.300. The van der Waals surface area contributed by atoms with Gasteiger partial charge in [-0.15, -0.1) is 6.58 Å². The van der Waals surface area contributed by atoms with Gasteiger partial charge in [0.1, 0.15) is 5.82 Å². The highest BCUT2D eigenvalue weighted by Crippen LogP contribution is 2.16. The van der Waals surface area contributed by atoms with Crippen molar-refractivity contribution in [2.45, 2.75) is 18.9 Å². The van der Waals surface area contributed by atoms with Gasteiger partial charge in [-0.1, -0.05) is 6.08 Å². The first-order chi connectivity index (χ1) is 6.25. The molecule has 0 spiro atoms. The lowest BCUT2D eigenvalue weighted by Crippen LogP contribution is -2.13. The van der Waals surface area contributed by atoms with Crippen molar-refractivity contribution in [2.75, 3.05) is 0 Å². The minimum atomic E-state index is -0.334. The Morgan fingerprint density at radius 3 is 3.08 bits per heavy atom. The van der Waals surface area contributed by atoms with Gasteiger partial charge in [-0.3, -0.25) is 4.98 Å². The number of halogens is 1. The summed E-state index contributed by atoms with van der Waals surface area (Å²) in [6, 6.07) is 2.59. The van der Waals surface area contributed by atoms with E-state index in [1.54, 1.807) is 18.3 Å². The first-order valence-corrected chi connectivity index (χ1v) is 4.22. The van der Waals surface area contributed by atoms with Crippen LogP contribution in [-0.4, -0.2) is 4.98 Å². The number of nitrogens with zero attached hydrogens (tertiary/aromatic N) is 1. The molecule has 0 amide bonds. The quantitative estimate of drug-likeness (QED) is 0.721. The molecule has 1 aromatic heterocycles. The van der Waals surface area contributed by atoms with Gasteiger partial charge in [0.05, 0.1) is 11.7 Å². The van der Waals surface area contributed by atoms with Crippen LogP contribution in [0.5, 0.6) is 0 Å². The van der Waals surface area contributed by atoms with E-state index in [0.29, 0.717) is 12.1 Å². The van der Waals surface area contributed by atoms with E-state index < -0.39 is 0 Å². The van der Waals surface area contributed by atoms with E-state index in [2.05, 4.69) is 11.6 Å². The largest absolute Gasteiger partial charge is 0.323 e. The van der Waals surface area contributed by atoms with Crippen LogP contribution in [0, 0.1) is 5.82 Å². The third-order valence-electron chi connectivity index (χ3n) is 1.82. The molecule has 0 bridgehead atoms. The molecule has 13 heavy (non-hydrogen) atoms. The van der Waals surface area contributed by atoms with Crippen molar-refractivity contribution in [3.8, 4) is 0 Å². The lowest BCUT2D eigenvalue weighted by atomic mass is 10.1. The second kappa shape index (κ2) is 4.72. The van der Waals surface area contributed by atoms with Crippen LogP contribution in [0.3, 0.4) is 0 Å². The molecule has 0 aromatic carbocycles. The standard InChI is InChI=1S/C10H13FN2/c1-2-3-6-9(12)10-8(11)5-4-7-13-10/h2,4-5,7,9H,1,3,6,12H2. The molecule has 0 aliphatic carbocycles. The average molecular weight is 180 g/mol. The van der Waals surface area contributed by atoms with Crippen LogP contribution >= 0.6 is 0 Å². The summed E-state index contributed by atoms with van der Waals surface area (Å²) in [5.41, 5.74) is 6.07. The number of hydrogen-bond donors (Lipinski definition) is 1. The first kappa shape index (κ1) is 9.86. The van der Waals surface area contributed by atoms with Crippen molar-refractivity contribution in [2.24, 2.45) is 5.73 Å². The minimum absolute atomic E-state index is 0.334. The predicted molar refractivity (Wildman–Crippen MR) is 50.6 cm³/mol. The molecule has 0 fully saturated rings. The van der Waals surface area contributed by atoms with Crippen LogP contribution in [0.4, 0.5) is 4.39 Å². The van der Waals surface area contributed by atoms with Gasteiger partial charge in [0.25, 0.3) is 0 Å². The number of aromatic nitrogens is 1. The lowest BCUT2D eigenvalue weighted by Gasteiger charge is -2.09. The molecule has 1 atom stereocenters. The zero-order valence-electron chi connectivity index (χ0n) is 7.41. The molecule has 1 unspecified atom stereocenters. The monoisotopic (exact) mass is 180 g/mol. The smallest absolute Gasteiger partial charge is 0.146 e. The highest BCUT2D eigenvalue weighted by molar-refractivity contribution is 5.11. The van der Waals surface area contributed by atoms with E-state index in [9.17, 15) is 4.39 Å². The Balaban J connectivity index is 2.70. The summed E-state index contributed by atoms with van der Waals surface area (Å²) in [7, 11) is 0. The SMILES string of the molecule is C=CCCC(N)c1ncccc1F. The maximum absolute atomic E-state index is 13.1. The van der Waals surface area contributed by atoms with Crippen LogP contribution in [0.1, 0.15) is 24.6 Å². The molecule has 2 N–H and O–H groups in total. The molecule has 1 heterocycles. The fourth-order valence-electron chi connectivity index (χ4n) is 1.10. The summed E-state index contributed by atoms with van der Waals surface area (Å²) in [5, 5.41) is 0. The van der Waals surface area contributed by atoms with E-state index in [4.69, 9.17) is 5.73 Å². The second-order valence-corrected chi connectivity index (χ2v) is 2.84. The highest BCUT2D eigenvalue weighted by atomic mass is 19.1. The molecular formula is C10H13FN2. The summed E-state index contributed by atoms with van der Waals surface area (Å²) in [5.74, 6) is -0.334. The van der Waals surface area contributed by atoms with Gasteiger partial charge in [0, 0.05) is 6.20 Å². The molecule has 0 saturated carbocycles. The number of pyridine rings is 1. The third kappa shape index (κ3) is 2.63. The number of rotatable bonds is 4. The number of allylic oxidation sites excluding steroid dienone is 1. The van der Waals surface area contributed by atoms with Crippen LogP contribution in [0.2, 0.25) is 0 Å². The fourth-order valence-corrected chi connectivity index (χ4v) is 1.10. The van der Waals surface area contributed by atoms with Crippen LogP contribution in [-0.2, 0) is 0 Å². The zero-order chi connectivity index (χ0) is 9.68. The molecule has 1 aromatic rings. The Kier molecular flexibility index (Phi) is 3.58. The van der Waals surface area contributed by atoms with Gasteiger partial charge in [0.2, 0.25) is 0 Å². The van der Waals surface area contributed by atoms with Gasteiger partial charge < -0.3 is 5.73 Å². The van der Waals surface area contributed by atoms with E-state index in [1.165, 1.54) is 6.07 Å². The summed E-state index contributed by atoms with van der Waals surface area (Å²) < 4.78 is 13.1. The van der Waals surface area contributed by atoms with Crippen LogP contribution in [0.25, 0.3) is 0 Å². The predicted octanol–water partition coefficient (Wildman–Crippen LogP) is 2.19. The van der Waals surface area contributed by atoms with E-state index in [0.717, 1.165) is 6.42 Å². The Labute approximate surface area is 77.3 Å². The molecular weight excluding hydrogens is 167 g/mol. The van der Waals surface area contributed by atoms with Crippen LogP contribution in [0.15, 0.2) is 31.0 Å². The second-order valence-electron chi connectivity index (χ2n) is 2.84. The molecule has 3 heteroatoms. The maximum Gasteiger partial charge on any atom is 0.146 e. The Morgan fingerprint density at radius 1 is 1.69 bits per heavy atom. The van der Waals surface area contributed by atoms with Crippen LogP contribution < -0.4 is 5.73 Å². The van der Waals surface area contributed by atoms with Crippen molar-refractivity contribution in [1.29, 1.82) is 0 Å². The maximum atomic E-state index is 13.1. The summed E-state index contributed by atoms with van der Waals surface area (Å²) in [6.45, 7) is 3.58. The molecule has 2 nitrogen and oxygen atoms in total. The topological polar surface area (TPSA) is 38.9 Å². The first-order valence-electron chi connectivity index (χ1n) is 4.22. The molecule has 70 valence electrons. The Bertz CT molecular complexity index is 286. The van der Waals surface area contributed by atoms with Crippen molar-refractivity contribution in [3.05, 3.63) is 42.5 Å². The number of hydrogen-bond acceptors (Lipinski definition) is 2. The molecule has 0 radical (unpaired) electrons. The van der Waals surface area contributed by atoms with Crippen molar-refractivity contribution in [1.82, 2.24) is 4.98 Å². The lowest BCUT2D eigenvalue weighted by molar-refractivity contribution is 0.549. The normalized spacial score (nSPS) is 12.5. The average Bonchev–Trinajstić information content (AvgIpc) is 2.15. The summed E-state index contributed by atoms with van der Waals surface area (Å²) in [4.78, 5) is 3.90. The van der Waals surface area contributed by atoms with Gasteiger partial charge in [-0.05, 0) is 25.0 Å². The van der Waals surface area contributed by atoms with Gasteiger partial charge in [-0.25, -0.2) is 4.39 Å². The molecule has 0 aliphatic rings. The Morgan fingerprint density at radius 2 is 2.46 bits per heavy atom. The van der Waals surface area contributed by atoms with Gasteiger partial charge in [0.15, 0.2) is 0 Å². The zero-order valence-corrected chi connectivity index (χ0v) is 7.41. The summed E-state index contributed by atoms with van der Waals surface area (Å²) in [6.07, 6.45) is 4.77. The molecule has 0 aliphatic heterocycles. The summed E-state index contributed by atoms with van der Waals surface area (Å²) >= 11 is 0. The number of nitrogens with two attached hydrogens (primary N) is 1.